The first-order valence-electron chi connectivity index (χ1n) is 11.5. The molecule has 0 spiro atoms. The van der Waals surface area contributed by atoms with Gasteiger partial charge >= 0.3 is 0 Å². The van der Waals surface area contributed by atoms with Crippen LogP contribution in [0.3, 0.4) is 0 Å². The normalized spacial score (nSPS) is 11.7. The van der Waals surface area contributed by atoms with Crippen molar-refractivity contribution in [3.05, 3.63) is 71.8 Å². The molecule has 0 aromatic heterocycles. The maximum atomic E-state index is 2.29. The van der Waals surface area contributed by atoms with Crippen LogP contribution in [0.1, 0.15) is 113 Å². The van der Waals surface area contributed by atoms with Gasteiger partial charge in [-0.1, -0.05) is 150 Å². The maximum absolute atomic E-state index is 2.29. The molecule has 0 N–H and O–H groups in total. The van der Waals surface area contributed by atoms with Gasteiger partial charge < -0.3 is 0 Å². The number of rotatable bonds is 2. The summed E-state index contributed by atoms with van der Waals surface area (Å²) < 4.78 is 0. The van der Waals surface area contributed by atoms with Gasteiger partial charge in [-0.25, -0.2) is 0 Å². The zero-order valence-electron chi connectivity index (χ0n) is 20.5. The smallest absolute Gasteiger partial charge is 0.0202 e. The minimum atomic E-state index is 0. The largest absolute Gasteiger partial charge is 0.0776 e. The van der Waals surface area contributed by atoms with E-state index in [1.807, 2.05) is 69.2 Å². The van der Waals surface area contributed by atoms with Gasteiger partial charge in [0.25, 0.3) is 0 Å². The molecule has 2 aromatic carbocycles. The van der Waals surface area contributed by atoms with Crippen LogP contribution in [0.25, 0.3) is 0 Å². The second kappa shape index (κ2) is 29.2. The monoisotopic (exact) mass is 439 g/mol. The molecule has 0 saturated heterocycles. The SMILES string of the molecule is C.CC.CC.CC.CC.CC.[V].c1ccc(C2(c3ccccc3)CCCC2)cc1. The van der Waals surface area contributed by atoms with Gasteiger partial charge in [0.05, 0.1) is 0 Å². The predicted molar refractivity (Wildman–Crippen MR) is 136 cm³/mol. The Balaban J connectivity index is -0.000000141. The van der Waals surface area contributed by atoms with E-state index in [0.29, 0.717) is 0 Å². The van der Waals surface area contributed by atoms with Crippen LogP contribution in [0.4, 0.5) is 0 Å². The average molecular weight is 440 g/mol. The van der Waals surface area contributed by atoms with E-state index in [9.17, 15) is 0 Å². The minimum Gasteiger partial charge on any atom is -0.0776 e. The first-order valence-corrected chi connectivity index (χ1v) is 11.5. The van der Waals surface area contributed by atoms with Crippen LogP contribution in [0.15, 0.2) is 60.7 Å². The molecule has 0 bridgehead atoms. The molecule has 0 atom stereocenters. The van der Waals surface area contributed by atoms with Gasteiger partial charge in [0, 0.05) is 24.0 Å². The van der Waals surface area contributed by atoms with Crippen molar-refractivity contribution >= 4 is 0 Å². The Bertz CT molecular complexity index is 429. The molecular formula is C28H52V. The number of benzene rings is 2. The Kier molecular flexibility index (Phi) is 38.9. The van der Waals surface area contributed by atoms with Crippen molar-refractivity contribution in [3.63, 3.8) is 0 Å². The van der Waals surface area contributed by atoms with Crippen molar-refractivity contribution in [2.45, 2.75) is 108 Å². The van der Waals surface area contributed by atoms with Crippen LogP contribution in [-0.4, -0.2) is 0 Å². The summed E-state index contributed by atoms with van der Waals surface area (Å²) in [6.45, 7) is 20.0. The zero-order chi connectivity index (χ0) is 21.6. The fraction of sp³-hybridized carbons (Fsp3) is 0.571. The zero-order valence-corrected chi connectivity index (χ0v) is 21.9. The van der Waals surface area contributed by atoms with Crippen LogP contribution < -0.4 is 0 Å². The van der Waals surface area contributed by atoms with Crippen molar-refractivity contribution in [2.75, 3.05) is 0 Å². The quantitative estimate of drug-likeness (QED) is 0.436. The molecule has 1 aliphatic carbocycles. The Hall–Kier alpha value is -0.976. The summed E-state index contributed by atoms with van der Waals surface area (Å²) in [5.41, 5.74) is 3.26. The molecule has 0 amide bonds. The van der Waals surface area contributed by atoms with Crippen LogP contribution in [0, 0.1) is 0 Å². The molecule has 1 radical (unpaired) electrons. The first kappa shape index (κ1) is 38.6. The average Bonchev–Trinajstić information content (AvgIpc) is 3.33. The number of hydrogen-bond acceptors (Lipinski definition) is 0. The minimum absolute atomic E-state index is 0. The molecule has 1 heteroatoms. The summed E-state index contributed by atoms with van der Waals surface area (Å²) in [6, 6.07) is 22.0. The van der Waals surface area contributed by atoms with Gasteiger partial charge in [-0.2, -0.15) is 0 Å². The summed E-state index contributed by atoms with van der Waals surface area (Å²) in [6.07, 6.45) is 5.29. The molecule has 169 valence electrons. The van der Waals surface area contributed by atoms with Crippen molar-refractivity contribution in [3.8, 4) is 0 Å². The van der Waals surface area contributed by atoms with Crippen LogP contribution in [0.2, 0.25) is 0 Å². The fourth-order valence-corrected chi connectivity index (χ4v) is 3.24. The molecule has 1 saturated carbocycles. The molecule has 0 unspecified atom stereocenters. The van der Waals surface area contributed by atoms with Gasteiger partial charge in [0.15, 0.2) is 0 Å². The summed E-state index contributed by atoms with van der Waals surface area (Å²) in [5, 5.41) is 0. The van der Waals surface area contributed by atoms with E-state index in [1.165, 1.54) is 36.8 Å². The molecule has 0 nitrogen and oxygen atoms in total. The molecule has 29 heavy (non-hydrogen) atoms. The van der Waals surface area contributed by atoms with E-state index >= 15 is 0 Å². The Morgan fingerprint density at radius 2 is 0.724 bits per heavy atom. The van der Waals surface area contributed by atoms with Crippen molar-refractivity contribution in [2.24, 2.45) is 0 Å². The Labute approximate surface area is 197 Å². The fourth-order valence-electron chi connectivity index (χ4n) is 3.24. The molecule has 2 aromatic rings. The second-order valence-corrected chi connectivity index (χ2v) is 5.02. The maximum Gasteiger partial charge on any atom is 0.0202 e. The van der Waals surface area contributed by atoms with Gasteiger partial charge in [0.1, 0.15) is 0 Å². The third-order valence-corrected chi connectivity index (χ3v) is 4.11. The summed E-state index contributed by atoms with van der Waals surface area (Å²) in [4.78, 5) is 0. The molecule has 0 heterocycles. The third kappa shape index (κ3) is 13.0. The summed E-state index contributed by atoms with van der Waals surface area (Å²) in [5.74, 6) is 0. The predicted octanol–water partition coefficient (Wildman–Crippen LogP) is 10.3. The van der Waals surface area contributed by atoms with Crippen molar-refractivity contribution in [1.82, 2.24) is 0 Å². The van der Waals surface area contributed by atoms with E-state index in [-0.39, 0.29) is 31.4 Å². The molecule has 3 rings (SSSR count). The molecular weight excluding hydrogens is 387 g/mol. The summed E-state index contributed by atoms with van der Waals surface area (Å²) in [7, 11) is 0. The number of hydrogen-bond donors (Lipinski definition) is 0. The van der Waals surface area contributed by atoms with Gasteiger partial charge in [-0.3, -0.25) is 0 Å². The van der Waals surface area contributed by atoms with Crippen LogP contribution in [-0.2, 0) is 24.0 Å². The summed E-state index contributed by atoms with van der Waals surface area (Å²) >= 11 is 0. The molecule has 1 fully saturated rings. The standard InChI is InChI=1S/C17H18.5C2H6.CH4.V/c1-3-9-15(10-4-1)17(13-7-8-14-17)16-11-5-2-6-12-16;5*1-2;;/h1-6,9-12H,7-8,13-14H2;5*1-2H3;1H4;. The van der Waals surface area contributed by atoms with E-state index in [4.69, 9.17) is 0 Å². The van der Waals surface area contributed by atoms with Gasteiger partial charge in [0.2, 0.25) is 0 Å². The van der Waals surface area contributed by atoms with Gasteiger partial charge in [-0.15, -0.1) is 0 Å². The van der Waals surface area contributed by atoms with Crippen LogP contribution >= 0.6 is 0 Å². The van der Waals surface area contributed by atoms with Crippen molar-refractivity contribution < 1.29 is 18.6 Å². The van der Waals surface area contributed by atoms with Crippen molar-refractivity contribution in [1.29, 1.82) is 0 Å². The van der Waals surface area contributed by atoms with E-state index < -0.39 is 0 Å². The topological polar surface area (TPSA) is 0 Å². The van der Waals surface area contributed by atoms with Gasteiger partial charge in [-0.05, 0) is 24.0 Å². The van der Waals surface area contributed by atoms with E-state index in [1.54, 1.807) is 0 Å². The first-order chi connectivity index (χ1) is 13.4. The molecule has 1 aliphatic rings. The van der Waals surface area contributed by atoms with E-state index in [2.05, 4.69) is 60.7 Å². The second-order valence-electron chi connectivity index (χ2n) is 5.02. The Morgan fingerprint density at radius 1 is 0.483 bits per heavy atom. The molecule has 0 aliphatic heterocycles. The van der Waals surface area contributed by atoms with Crippen LogP contribution in [0.5, 0.6) is 0 Å². The van der Waals surface area contributed by atoms with E-state index in [0.717, 1.165) is 0 Å². The Morgan fingerprint density at radius 3 is 0.966 bits per heavy atom. The third-order valence-electron chi connectivity index (χ3n) is 4.11.